The van der Waals surface area contributed by atoms with Crippen LogP contribution >= 0.6 is 0 Å². The zero-order valence-electron chi connectivity index (χ0n) is 10.9. The Kier molecular flexibility index (Phi) is 4.59. The van der Waals surface area contributed by atoms with Gasteiger partial charge in [0.1, 0.15) is 0 Å². The number of likely N-dealkylation sites (N-methyl/N-ethyl adjacent to an activating group) is 1. The Morgan fingerprint density at radius 3 is 2.83 bits per heavy atom. The average molecular weight is 247 g/mol. The minimum absolute atomic E-state index is 0.213. The highest BCUT2D eigenvalue weighted by molar-refractivity contribution is 5.81. The molecule has 1 saturated heterocycles. The standard InChI is InChI=1S/C14H21N3O/c1-16(13-6-3-2-4-7-13)12-14(18)17-10-5-8-15-9-11-17/h2-4,6-7,15H,5,8-12H2,1H3. The second-order valence-electron chi connectivity index (χ2n) is 4.68. The normalized spacial score (nSPS) is 16.2. The summed E-state index contributed by atoms with van der Waals surface area (Å²) in [6.07, 6.45) is 1.04. The fourth-order valence-corrected chi connectivity index (χ4v) is 2.17. The molecule has 4 nitrogen and oxygen atoms in total. The number of nitrogens with zero attached hydrogens (tertiary/aromatic N) is 2. The maximum atomic E-state index is 12.2. The van der Waals surface area contributed by atoms with E-state index in [1.807, 2.05) is 47.2 Å². The van der Waals surface area contributed by atoms with Crippen molar-refractivity contribution in [1.29, 1.82) is 0 Å². The Bertz CT molecular complexity index is 372. The summed E-state index contributed by atoms with van der Waals surface area (Å²) in [6, 6.07) is 10.0. The van der Waals surface area contributed by atoms with Gasteiger partial charge in [-0.3, -0.25) is 4.79 Å². The lowest BCUT2D eigenvalue weighted by atomic mass is 10.3. The number of para-hydroxylation sites is 1. The molecule has 1 aliphatic heterocycles. The van der Waals surface area contributed by atoms with E-state index in [1.54, 1.807) is 0 Å². The van der Waals surface area contributed by atoms with Gasteiger partial charge in [-0.1, -0.05) is 18.2 Å². The van der Waals surface area contributed by atoms with Crippen LogP contribution in [0, 0.1) is 0 Å². The maximum Gasteiger partial charge on any atom is 0.242 e. The highest BCUT2D eigenvalue weighted by Crippen LogP contribution is 2.11. The first-order valence-corrected chi connectivity index (χ1v) is 6.52. The van der Waals surface area contributed by atoms with Gasteiger partial charge in [0.05, 0.1) is 6.54 Å². The molecule has 18 heavy (non-hydrogen) atoms. The minimum Gasteiger partial charge on any atom is -0.365 e. The van der Waals surface area contributed by atoms with E-state index in [9.17, 15) is 4.79 Å². The predicted molar refractivity (Wildman–Crippen MR) is 73.8 cm³/mol. The molecule has 1 fully saturated rings. The smallest absolute Gasteiger partial charge is 0.242 e. The molecule has 2 rings (SSSR count). The van der Waals surface area contributed by atoms with E-state index in [0.717, 1.165) is 38.3 Å². The predicted octanol–water partition coefficient (Wildman–Crippen LogP) is 0.945. The number of carbonyl (C=O) groups excluding carboxylic acids is 1. The van der Waals surface area contributed by atoms with Crippen molar-refractivity contribution in [2.24, 2.45) is 0 Å². The van der Waals surface area contributed by atoms with Crippen LogP contribution in [0.2, 0.25) is 0 Å². The van der Waals surface area contributed by atoms with E-state index in [2.05, 4.69) is 5.32 Å². The lowest BCUT2D eigenvalue weighted by Crippen LogP contribution is -2.40. The number of anilines is 1. The van der Waals surface area contributed by atoms with Gasteiger partial charge < -0.3 is 15.1 Å². The van der Waals surface area contributed by atoms with Crippen molar-refractivity contribution in [2.75, 3.05) is 44.7 Å². The van der Waals surface area contributed by atoms with Crippen LogP contribution < -0.4 is 10.2 Å². The molecular weight excluding hydrogens is 226 g/mol. The molecule has 0 bridgehead atoms. The van der Waals surface area contributed by atoms with Crippen LogP contribution in [0.15, 0.2) is 30.3 Å². The highest BCUT2D eigenvalue weighted by Gasteiger charge is 2.16. The summed E-state index contributed by atoms with van der Waals surface area (Å²) < 4.78 is 0. The summed E-state index contributed by atoms with van der Waals surface area (Å²) in [6.45, 7) is 4.05. The van der Waals surface area contributed by atoms with Crippen LogP contribution in [0.1, 0.15) is 6.42 Å². The quantitative estimate of drug-likeness (QED) is 0.863. The van der Waals surface area contributed by atoms with Crippen molar-refractivity contribution >= 4 is 11.6 Å². The van der Waals surface area contributed by atoms with Crippen molar-refractivity contribution in [1.82, 2.24) is 10.2 Å². The Morgan fingerprint density at radius 1 is 1.28 bits per heavy atom. The number of hydrogen-bond acceptors (Lipinski definition) is 3. The first kappa shape index (κ1) is 12.9. The summed E-state index contributed by atoms with van der Waals surface area (Å²) in [7, 11) is 1.96. The third kappa shape index (κ3) is 3.47. The van der Waals surface area contributed by atoms with Crippen LogP contribution in [-0.4, -0.2) is 50.6 Å². The molecule has 98 valence electrons. The monoisotopic (exact) mass is 247 g/mol. The first-order chi connectivity index (χ1) is 8.77. The second-order valence-corrected chi connectivity index (χ2v) is 4.68. The number of rotatable bonds is 3. The fourth-order valence-electron chi connectivity index (χ4n) is 2.17. The van der Waals surface area contributed by atoms with Gasteiger partial charge in [0.2, 0.25) is 5.91 Å². The van der Waals surface area contributed by atoms with Crippen LogP contribution in [0.4, 0.5) is 5.69 Å². The largest absolute Gasteiger partial charge is 0.365 e. The summed E-state index contributed by atoms with van der Waals surface area (Å²) >= 11 is 0. The van der Waals surface area contributed by atoms with Gasteiger partial charge in [-0.2, -0.15) is 0 Å². The lowest BCUT2D eigenvalue weighted by Gasteiger charge is -2.25. The first-order valence-electron chi connectivity index (χ1n) is 6.52. The van der Waals surface area contributed by atoms with Gasteiger partial charge in [0.15, 0.2) is 0 Å². The number of nitrogens with one attached hydrogen (secondary N) is 1. The fraction of sp³-hybridized carbons (Fsp3) is 0.500. The van der Waals surface area contributed by atoms with Gasteiger partial charge in [-0.15, -0.1) is 0 Å². The summed E-state index contributed by atoms with van der Waals surface area (Å²) in [5, 5.41) is 3.31. The zero-order valence-corrected chi connectivity index (χ0v) is 10.9. The third-order valence-electron chi connectivity index (χ3n) is 3.26. The minimum atomic E-state index is 0.213. The third-order valence-corrected chi connectivity index (χ3v) is 3.26. The van der Waals surface area contributed by atoms with Crippen LogP contribution in [-0.2, 0) is 4.79 Å². The Hall–Kier alpha value is -1.55. The van der Waals surface area contributed by atoms with Crippen LogP contribution in [0.25, 0.3) is 0 Å². The molecule has 1 aliphatic rings. The molecule has 0 saturated carbocycles. The van der Waals surface area contributed by atoms with Gasteiger partial charge in [-0.25, -0.2) is 0 Å². The molecule has 0 radical (unpaired) electrons. The molecule has 0 unspecified atom stereocenters. The molecule has 1 N–H and O–H groups in total. The van der Waals surface area contributed by atoms with Crippen molar-refractivity contribution in [2.45, 2.75) is 6.42 Å². The summed E-state index contributed by atoms with van der Waals surface area (Å²) in [4.78, 5) is 16.1. The molecule has 0 atom stereocenters. The number of hydrogen-bond donors (Lipinski definition) is 1. The van der Waals surface area contributed by atoms with Crippen molar-refractivity contribution < 1.29 is 4.79 Å². The Labute approximate surface area is 109 Å². The molecule has 0 aromatic heterocycles. The molecule has 0 spiro atoms. The van der Waals surface area contributed by atoms with E-state index in [1.165, 1.54) is 0 Å². The van der Waals surface area contributed by atoms with Crippen molar-refractivity contribution in [3.63, 3.8) is 0 Å². The lowest BCUT2D eigenvalue weighted by molar-refractivity contribution is -0.129. The van der Waals surface area contributed by atoms with E-state index in [0.29, 0.717) is 6.54 Å². The highest BCUT2D eigenvalue weighted by atomic mass is 16.2. The van der Waals surface area contributed by atoms with E-state index < -0.39 is 0 Å². The molecule has 1 amide bonds. The maximum absolute atomic E-state index is 12.2. The molecule has 1 aromatic carbocycles. The molecule has 1 heterocycles. The number of benzene rings is 1. The van der Waals surface area contributed by atoms with Gasteiger partial charge in [0, 0.05) is 32.4 Å². The molecule has 1 aromatic rings. The van der Waals surface area contributed by atoms with Crippen LogP contribution in [0.5, 0.6) is 0 Å². The van der Waals surface area contributed by atoms with Gasteiger partial charge in [0.25, 0.3) is 0 Å². The van der Waals surface area contributed by atoms with E-state index in [4.69, 9.17) is 0 Å². The zero-order chi connectivity index (χ0) is 12.8. The van der Waals surface area contributed by atoms with Gasteiger partial charge >= 0.3 is 0 Å². The molecular formula is C14H21N3O. The SMILES string of the molecule is CN(CC(=O)N1CCCNCC1)c1ccccc1. The van der Waals surface area contributed by atoms with Crippen LogP contribution in [0.3, 0.4) is 0 Å². The summed E-state index contributed by atoms with van der Waals surface area (Å²) in [5.41, 5.74) is 1.08. The van der Waals surface area contributed by atoms with Crippen molar-refractivity contribution in [3.8, 4) is 0 Å². The molecule has 0 aliphatic carbocycles. The Morgan fingerprint density at radius 2 is 2.06 bits per heavy atom. The van der Waals surface area contributed by atoms with Crippen molar-refractivity contribution in [3.05, 3.63) is 30.3 Å². The number of amides is 1. The summed E-state index contributed by atoms with van der Waals surface area (Å²) in [5.74, 6) is 0.213. The second kappa shape index (κ2) is 6.40. The average Bonchev–Trinajstić information content (AvgIpc) is 2.68. The van der Waals surface area contributed by atoms with E-state index in [-0.39, 0.29) is 5.91 Å². The van der Waals surface area contributed by atoms with Gasteiger partial charge in [-0.05, 0) is 25.1 Å². The topological polar surface area (TPSA) is 35.6 Å². The number of carbonyl (C=O) groups is 1. The van der Waals surface area contributed by atoms with E-state index >= 15 is 0 Å². The molecule has 4 heteroatoms. The Balaban J connectivity index is 1.90.